The molecule has 1 aliphatic rings. The molecule has 19 heavy (non-hydrogen) atoms. The number of aryl methyl sites for hydroxylation is 3. The van der Waals surface area contributed by atoms with Crippen LogP contribution in [0.1, 0.15) is 28.6 Å². The summed E-state index contributed by atoms with van der Waals surface area (Å²) in [6, 6.07) is 0. The molecule has 0 saturated carbocycles. The lowest BCUT2D eigenvalue weighted by molar-refractivity contribution is -0.120. The molecule has 0 aromatic carbocycles. The number of hydrogen-bond acceptors (Lipinski definition) is 5. The van der Waals surface area contributed by atoms with Crippen LogP contribution in [-0.4, -0.2) is 26.1 Å². The molecule has 2 N–H and O–H groups in total. The molecule has 0 spiro atoms. The van der Waals surface area contributed by atoms with E-state index in [0.717, 1.165) is 41.5 Å². The number of carbonyl (C=O) groups excluding carboxylic acids is 1. The van der Waals surface area contributed by atoms with E-state index >= 15 is 0 Å². The van der Waals surface area contributed by atoms with Crippen LogP contribution in [0, 0.1) is 19.8 Å². The number of aromatic amines is 1. The van der Waals surface area contributed by atoms with Gasteiger partial charge in [0, 0.05) is 18.0 Å². The van der Waals surface area contributed by atoms with Crippen molar-refractivity contribution in [1.29, 1.82) is 0 Å². The summed E-state index contributed by atoms with van der Waals surface area (Å²) in [5.41, 5.74) is 2.20. The van der Waals surface area contributed by atoms with E-state index < -0.39 is 0 Å². The Labute approximate surface area is 114 Å². The molecule has 0 bridgehead atoms. The van der Waals surface area contributed by atoms with Crippen LogP contribution in [0.4, 0.5) is 5.13 Å². The summed E-state index contributed by atoms with van der Waals surface area (Å²) in [5, 5.41) is 12.1. The van der Waals surface area contributed by atoms with Gasteiger partial charge in [0.05, 0.1) is 5.69 Å². The smallest absolute Gasteiger partial charge is 0.229 e. The van der Waals surface area contributed by atoms with Gasteiger partial charge < -0.3 is 10.3 Å². The number of nitrogens with zero attached hydrogens (tertiary/aromatic N) is 3. The SMILES string of the molecule is Cc1nc2c([nH]1)C[C@@H](C(=O)Nc1nnc(C)s1)CC2. The molecule has 2 aromatic heterocycles. The fraction of sp³-hybridized carbons (Fsp3) is 0.500. The number of H-pyrrole nitrogens is 1. The van der Waals surface area contributed by atoms with Gasteiger partial charge in [0.2, 0.25) is 11.0 Å². The second-order valence-electron chi connectivity index (χ2n) is 4.80. The minimum atomic E-state index is -0.0171. The van der Waals surface area contributed by atoms with Gasteiger partial charge in [0.15, 0.2) is 0 Å². The van der Waals surface area contributed by atoms with Crippen LogP contribution in [0.2, 0.25) is 0 Å². The van der Waals surface area contributed by atoms with Crippen molar-refractivity contribution in [2.24, 2.45) is 5.92 Å². The number of aromatic nitrogens is 4. The average Bonchev–Trinajstić information content (AvgIpc) is 2.93. The number of nitrogens with one attached hydrogen (secondary N) is 2. The van der Waals surface area contributed by atoms with Gasteiger partial charge in [-0.1, -0.05) is 11.3 Å². The molecule has 0 radical (unpaired) electrons. The average molecular weight is 277 g/mol. The molecule has 2 aromatic rings. The topological polar surface area (TPSA) is 83.6 Å². The molecule has 1 aliphatic carbocycles. The van der Waals surface area contributed by atoms with Crippen molar-refractivity contribution in [3.05, 3.63) is 22.2 Å². The lowest BCUT2D eigenvalue weighted by Gasteiger charge is -2.19. The van der Waals surface area contributed by atoms with Gasteiger partial charge in [-0.05, 0) is 26.7 Å². The normalized spacial score (nSPS) is 18.1. The highest BCUT2D eigenvalue weighted by atomic mass is 32.1. The highest BCUT2D eigenvalue weighted by molar-refractivity contribution is 7.15. The Bertz CT molecular complexity index is 617. The van der Waals surface area contributed by atoms with Gasteiger partial charge in [-0.15, -0.1) is 10.2 Å². The Morgan fingerprint density at radius 1 is 1.42 bits per heavy atom. The fourth-order valence-electron chi connectivity index (χ4n) is 2.40. The molecule has 100 valence electrons. The van der Waals surface area contributed by atoms with E-state index in [2.05, 4.69) is 25.5 Å². The molecule has 3 rings (SSSR count). The van der Waals surface area contributed by atoms with Crippen molar-refractivity contribution in [2.75, 3.05) is 5.32 Å². The molecule has 1 atom stereocenters. The van der Waals surface area contributed by atoms with E-state index in [-0.39, 0.29) is 11.8 Å². The lowest BCUT2D eigenvalue weighted by atomic mass is 9.89. The number of carbonyl (C=O) groups is 1. The lowest BCUT2D eigenvalue weighted by Crippen LogP contribution is -2.28. The summed E-state index contributed by atoms with van der Waals surface area (Å²) >= 11 is 1.40. The van der Waals surface area contributed by atoms with Crippen LogP contribution in [0.5, 0.6) is 0 Å². The Kier molecular flexibility index (Phi) is 3.06. The van der Waals surface area contributed by atoms with Gasteiger partial charge in [-0.3, -0.25) is 4.79 Å². The fourth-order valence-corrected chi connectivity index (χ4v) is 3.00. The minimum absolute atomic E-state index is 0.0171. The second-order valence-corrected chi connectivity index (χ2v) is 5.98. The van der Waals surface area contributed by atoms with Crippen molar-refractivity contribution in [3.63, 3.8) is 0 Å². The maximum Gasteiger partial charge on any atom is 0.229 e. The first-order valence-corrected chi connectivity index (χ1v) is 7.09. The first-order valence-electron chi connectivity index (χ1n) is 6.27. The molecule has 2 heterocycles. The molecule has 1 amide bonds. The quantitative estimate of drug-likeness (QED) is 0.873. The second kappa shape index (κ2) is 4.73. The van der Waals surface area contributed by atoms with Gasteiger partial charge in [-0.25, -0.2) is 4.98 Å². The van der Waals surface area contributed by atoms with Crippen LogP contribution in [0.25, 0.3) is 0 Å². The van der Waals surface area contributed by atoms with Crippen molar-refractivity contribution in [1.82, 2.24) is 20.2 Å². The van der Waals surface area contributed by atoms with E-state index in [0.29, 0.717) is 5.13 Å². The number of amides is 1. The molecule has 6 nitrogen and oxygen atoms in total. The van der Waals surface area contributed by atoms with E-state index in [1.165, 1.54) is 11.3 Å². The maximum atomic E-state index is 12.2. The summed E-state index contributed by atoms with van der Waals surface area (Å²) in [6.45, 7) is 3.81. The van der Waals surface area contributed by atoms with Gasteiger partial charge in [-0.2, -0.15) is 0 Å². The molecule has 0 unspecified atom stereocenters. The maximum absolute atomic E-state index is 12.2. The zero-order valence-corrected chi connectivity index (χ0v) is 11.7. The third-order valence-electron chi connectivity index (χ3n) is 3.29. The molecule has 0 fully saturated rings. The van der Waals surface area contributed by atoms with E-state index in [9.17, 15) is 4.79 Å². The van der Waals surface area contributed by atoms with Crippen molar-refractivity contribution >= 4 is 22.4 Å². The number of hydrogen-bond donors (Lipinski definition) is 2. The highest BCUT2D eigenvalue weighted by Gasteiger charge is 2.27. The van der Waals surface area contributed by atoms with Gasteiger partial charge >= 0.3 is 0 Å². The largest absolute Gasteiger partial charge is 0.346 e. The summed E-state index contributed by atoms with van der Waals surface area (Å²) in [6.07, 6.45) is 2.41. The van der Waals surface area contributed by atoms with Crippen molar-refractivity contribution in [3.8, 4) is 0 Å². The Morgan fingerprint density at radius 2 is 2.26 bits per heavy atom. The summed E-state index contributed by atoms with van der Waals surface area (Å²) in [5.74, 6) is 0.927. The first-order chi connectivity index (χ1) is 9.11. The standard InChI is InChI=1S/C12H15N5OS/c1-6-13-9-4-3-8(5-10(9)14-6)11(18)15-12-17-16-7(2)19-12/h8H,3-5H2,1-2H3,(H,13,14)(H,15,17,18)/t8-/m0/s1. The zero-order valence-electron chi connectivity index (χ0n) is 10.9. The summed E-state index contributed by atoms with van der Waals surface area (Å²) in [4.78, 5) is 19.8. The predicted molar refractivity (Wildman–Crippen MR) is 72.1 cm³/mol. The molecular formula is C12H15N5OS. The third kappa shape index (κ3) is 2.51. The number of imidazole rings is 1. The number of rotatable bonds is 2. The van der Waals surface area contributed by atoms with Crippen LogP contribution in [-0.2, 0) is 17.6 Å². The molecule has 7 heteroatoms. The van der Waals surface area contributed by atoms with Crippen LogP contribution >= 0.6 is 11.3 Å². The first kappa shape index (κ1) is 12.3. The minimum Gasteiger partial charge on any atom is -0.346 e. The Morgan fingerprint density at radius 3 is 3.00 bits per heavy atom. The Hall–Kier alpha value is -1.76. The van der Waals surface area contributed by atoms with Crippen LogP contribution in [0.3, 0.4) is 0 Å². The zero-order chi connectivity index (χ0) is 13.4. The number of fused-ring (bicyclic) bond motifs is 1. The van der Waals surface area contributed by atoms with Crippen molar-refractivity contribution in [2.45, 2.75) is 33.1 Å². The molecule has 0 saturated heterocycles. The molecule has 0 aliphatic heterocycles. The molecular weight excluding hydrogens is 262 g/mol. The van der Waals surface area contributed by atoms with Gasteiger partial charge in [0.25, 0.3) is 0 Å². The van der Waals surface area contributed by atoms with E-state index in [1.807, 2.05) is 13.8 Å². The highest BCUT2D eigenvalue weighted by Crippen LogP contribution is 2.25. The van der Waals surface area contributed by atoms with E-state index in [1.54, 1.807) is 0 Å². The monoisotopic (exact) mass is 277 g/mol. The number of anilines is 1. The predicted octanol–water partition coefficient (Wildman–Crippen LogP) is 1.62. The summed E-state index contributed by atoms with van der Waals surface area (Å²) < 4.78 is 0. The Balaban J connectivity index is 1.69. The van der Waals surface area contributed by atoms with Crippen molar-refractivity contribution < 1.29 is 4.79 Å². The van der Waals surface area contributed by atoms with Crippen LogP contribution in [0.15, 0.2) is 0 Å². The summed E-state index contributed by atoms with van der Waals surface area (Å²) in [7, 11) is 0. The third-order valence-corrected chi connectivity index (χ3v) is 4.04. The van der Waals surface area contributed by atoms with E-state index in [4.69, 9.17) is 0 Å². The van der Waals surface area contributed by atoms with Crippen LogP contribution < -0.4 is 5.32 Å². The van der Waals surface area contributed by atoms with Gasteiger partial charge in [0.1, 0.15) is 10.8 Å².